The first-order chi connectivity index (χ1) is 35.2. The molecule has 0 N–H and O–H groups in total. The minimum Gasteiger partial charge on any atom is -0.468 e. The summed E-state index contributed by atoms with van der Waals surface area (Å²) in [6.45, 7) is 39.0. The molecule has 2 aliphatic heterocycles. The molecule has 2 unspecified atom stereocenters. The molecule has 0 amide bonds. The Morgan fingerprint density at radius 1 is 0.520 bits per heavy atom. The fourth-order valence-corrected chi connectivity index (χ4v) is 15.2. The number of rotatable bonds is 3. The van der Waals surface area contributed by atoms with E-state index in [1.54, 1.807) is 0 Å². The summed E-state index contributed by atoms with van der Waals surface area (Å²) >= 11 is 0. The first-order valence-electron chi connectivity index (χ1n) is 28.7. The van der Waals surface area contributed by atoms with Gasteiger partial charge in [-0.2, -0.15) is 0 Å². The summed E-state index contributed by atoms with van der Waals surface area (Å²) in [5.41, 5.74) is 26.7. The van der Waals surface area contributed by atoms with Crippen LogP contribution in [-0.2, 0) is 37.9 Å². The predicted octanol–water partition coefficient (Wildman–Crippen LogP) is 17.5. The van der Waals surface area contributed by atoms with Crippen LogP contribution in [0.3, 0.4) is 0 Å². The Morgan fingerprint density at radius 2 is 1.08 bits per heavy atom. The van der Waals surface area contributed by atoms with Gasteiger partial charge in [0.05, 0.1) is 11.3 Å². The van der Waals surface area contributed by atoms with Gasteiger partial charge >= 0.3 is 0 Å². The lowest BCUT2D eigenvalue weighted by molar-refractivity contribution is 0.332. The van der Waals surface area contributed by atoms with Gasteiger partial charge in [0.1, 0.15) is 5.58 Å². The Hall–Kier alpha value is -5.74. The zero-order chi connectivity index (χ0) is 52.9. The number of hydrogen-bond donors (Lipinski definition) is 0. The minimum atomic E-state index is -0.134. The van der Waals surface area contributed by atoms with Crippen molar-refractivity contribution in [2.75, 3.05) is 9.80 Å². The van der Waals surface area contributed by atoms with E-state index in [4.69, 9.17) is 4.42 Å². The zero-order valence-electron chi connectivity index (χ0n) is 48.2. The topological polar surface area (TPSA) is 19.6 Å². The van der Waals surface area contributed by atoms with Crippen molar-refractivity contribution < 1.29 is 4.42 Å². The second kappa shape index (κ2) is 15.7. The Labute approximate surface area is 450 Å². The van der Waals surface area contributed by atoms with Gasteiger partial charge in [0.25, 0.3) is 6.71 Å². The normalized spacial score (nSPS) is 23.4. The maximum atomic E-state index is 7.81. The molecule has 13 rings (SSSR count). The average molecular weight is 989 g/mol. The zero-order valence-corrected chi connectivity index (χ0v) is 48.2. The van der Waals surface area contributed by atoms with Crippen molar-refractivity contribution in [3.63, 3.8) is 0 Å². The van der Waals surface area contributed by atoms with Crippen molar-refractivity contribution in [1.29, 1.82) is 0 Å². The molecule has 0 saturated heterocycles. The van der Waals surface area contributed by atoms with Crippen molar-refractivity contribution in [3.05, 3.63) is 171 Å². The number of anilines is 6. The van der Waals surface area contributed by atoms with Crippen LogP contribution in [0.4, 0.5) is 34.1 Å². The van der Waals surface area contributed by atoms with Gasteiger partial charge in [-0.1, -0.05) is 171 Å². The second-order valence-electron chi connectivity index (χ2n) is 29.4. The standard InChI is InChI=1S/C71H81BN2O/c1-42-34-59-62-60(35-42)74(57-27-24-44(65(2,3)4)36-48(57)47-23-19-21-43-20-17-18-22-46(43)47)58-40-54-53(69(11,12)31-32-70(54,13)14)39-56(58)72(62)64-63(49-38-52-55(41-61(49)75-64)71(15,16)33-30-68(52,9)10)73(59)45-25-26-50-51(37-45)67(7,8)29-28-66(50,5)6/h17-27,34-41,46-47H,28-33H2,1-16H3. The van der Waals surface area contributed by atoms with Crippen molar-refractivity contribution in [1.82, 2.24) is 0 Å². The van der Waals surface area contributed by atoms with Crippen molar-refractivity contribution in [2.45, 2.75) is 193 Å². The van der Waals surface area contributed by atoms with Crippen molar-refractivity contribution >= 4 is 68.4 Å². The molecule has 0 saturated carbocycles. The van der Waals surface area contributed by atoms with Gasteiger partial charge in [-0.05, 0) is 198 Å². The number of allylic oxidation sites excluding steroid dienone is 8. The Kier molecular flexibility index (Phi) is 10.2. The molecule has 0 spiro atoms. The molecule has 5 aromatic carbocycles. The minimum absolute atomic E-state index is 0.00835. The number of hydrogen-bond acceptors (Lipinski definition) is 3. The summed E-state index contributed by atoms with van der Waals surface area (Å²) in [5, 5.41) is 1.23. The molecule has 75 heavy (non-hydrogen) atoms. The van der Waals surface area contributed by atoms with Crippen LogP contribution in [0.15, 0.2) is 125 Å². The van der Waals surface area contributed by atoms with E-state index in [0.29, 0.717) is 0 Å². The van der Waals surface area contributed by atoms with Crippen molar-refractivity contribution in [3.8, 4) is 0 Å². The van der Waals surface area contributed by atoms with E-state index in [1.165, 1.54) is 113 Å². The Morgan fingerprint density at radius 3 is 1.72 bits per heavy atom. The Balaban J connectivity index is 1.16. The molecule has 0 bridgehead atoms. The number of benzene rings is 5. The molecular weight excluding hydrogens is 908 g/mol. The number of furan rings is 1. The highest BCUT2D eigenvalue weighted by atomic mass is 16.3. The fraction of sp³-hybridized carbons (Fsp3) is 0.437. The van der Waals surface area contributed by atoms with Gasteiger partial charge in [0, 0.05) is 45.7 Å². The summed E-state index contributed by atoms with van der Waals surface area (Å²) in [7, 11) is 0. The molecule has 4 heteroatoms. The summed E-state index contributed by atoms with van der Waals surface area (Å²) < 4.78 is 7.81. The largest absolute Gasteiger partial charge is 0.468 e. The molecule has 384 valence electrons. The molecule has 7 aliphatic rings. The molecule has 0 fully saturated rings. The third-order valence-electron chi connectivity index (χ3n) is 20.4. The maximum absolute atomic E-state index is 7.81. The van der Waals surface area contributed by atoms with Crippen molar-refractivity contribution in [2.24, 2.45) is 5.92 Å². The smallest absolute Gasteiger partial charge is 0.297 e. The first-order valence-corrected chi connectivity index (χ1v) is 28.7. The second-order valence-corrected chi connectivity index (χ2v) is 29.4. The van der Waals surface area contributed by atoms with Crippen LogP contribution in [-0.4, -0.2) is 6.71 Å². The van der Waals surface area contributed by atoms with Crippen LogP contribution in [0.1, 0.15) is 198 Å². The van der Waals surface area contributed by atoms with Gasteiger partial charge in [0.15, 0.2) is 0 Å². The third kappa shape index (κ3) is 7.18. The van der Waals surface area contributed by atoms with E-state index < -0.39 is 0 Å². The highest BCUT2D eigenvalue weighted by Crippen LogP contribution is 2.56. The Bertz CT molecular complexity index is 3590. The van der Waals surface area contributed by atoms with Crippen LogP contribution in [0.25, 0.3) is 11.0 Å². The molecule has 2 atom stereocenters. The van der Waals surface area contributed by atoms with Crippen LogP contribution in [0, 0.1) is 12.8 Å². The van der Waals surface area contributed by atoms with Gasteiger partial charge < -0.3 is 14.2 Å². The average Bonchev–Trinajstić information content (AvgIpc) is 3.80. The van der Waals surface area contributed by atoms with Gasteiger partial charge in [-0.15, -0.1) is 0 Å². The highest BCUT2D eigenvalue weighted by Gasteiger charge is 2.51. The summed E-state index contributed by atoms with van der Waals surface area (Å²) in [6, 6.07) is 30.5. The monoisotopic (exact) mass is 989 g/mol. The van der Waals surface area contributed by atoms with E-state index in [-0.39, 0.29) is 56.5 Å². The quantitative estimate of drug-likeness (QED) is 0.165. The van der Waals surface area contributed by atoms with E-state index in [2.05, 4.69) is 236 Å². The van der Waals surface area contributed by atoms with Gasteiger partial charge in [-0.3, -0.25) is 0 Å². The number of nitrogens with zero attached hydrogens (tertiary/aromatic N) is 2. The van der Waals surface area contributed by atoms with Crippen LogP contribution in [0.5, 0.6) is 0 Å². The lowest BCUT2D eigenvalue weighted by Gasteiger charge is -2.47. The SMILES string of the molecule is Cc1cc2c3c(c1)N(c1ccc4c(c1)C(C)(C)CCC4(C)C)c1c(oc4cc5c(cc14)C(C)(C)CCC5(C)C)B3c1cc3c(cc1N2c1ccc(C(C)(C)C)cc1C1C=CC=C2C=CC=CC21)C(C)(C)CCC3(C)C. The van der Waals surface area contributed by atoms with Gasteiger partial charge in [0.2, 0.25) is 0 Å². The van der Waals surface area contributed by atoms with Crippen LogP contribution in [0.2, 0.25) is 0 Å². The highest BCUT2D eigenvalue weighted by molar-refractivity contribution is 7.00. The number of fused-ring (bicyclic) bond motifs is 10. The molecule has 0 radical (unpaired) electrons. The fourth-order valence-electron chi connectivity index (χ4n) is 15.2. The molecule has 3 nitrogen and oxygen atoms in total. The van der Waals surface area contributed by atoms with E-state index in [0.717, 1.165) is 43.3 Å². The van der Waals surface area contributed by atoms with Crippen LogP contribution < -0.4 is 26.4 Å². The summed E-state index contributed by atoms with van der Waals surface area (Å²) in [4.78, 5) is 5.41. The molecular formula is C71H81BN2O. The lowest BCUT2D eigenvalue weighted by atomic mass is 9.35. The first kappa shape index (κ1) is 48.9. The van der Waals surface area contributed by atoms with Crippen LogP contribution >= 0.6 is 0 Å². The van der Waals surface area contributed by atoms with E-state index >= 15 is 0 Å². The summed E-state index contributed by atoms with van der Waals surface area (Å²) in [5.74, 6) is 0.396. The van der Waals surface area contributed by atoms with E-state index in [1.807, 2.05) is 0 Å². The molecule has 1 aromatic heterocycles. The number of aryl methyl sites for hydroxylation is 1. The van der Waals surface area contributed by atoms with E-state index in [9.17, 15) is 0 Å². The molecule has 5 aliphatic carbocycles. The maximum Gasteiger partial charge on any atom is 0.297 e. The lowest BCUT2D eigenvalue weighted by Crippen LogP contribution is -2.61. The molecule has 3 heterocycles. The third-order valence-corrected chi connectivity index (χ3v) is 20.4. The summed E-state index contributed by atoms with van der Waals surface area (Å²) in [6.07, 6.45) is 23.3. The van der Waals surface area contributed by atoms with Gasteiger partial charge in [-0.25, -0.2) is 0 Å². The molecule has 6 aromatic rings. The predicted molar refractivity (Wildman–Crippen MR) is 321 cm³/mol.